The number of para-hydroxylation sites is 1. The minimum atomic E-state index is -1.08. The molecule has 34 heavy (non-hydrogen) atoms. The Bertz CT molecular complexity index is 986. The maximum atomic E-state index is 11.4. The summed E-state index contributed by atoms with van der Waals surface area (Å²) in [6, 6.07) is 8.18. The van der Waals surface area contributed by atoms with Gasteiger partial charge in [-0.2, -0.15) is 0 Å². The van der Waals surface area contributed by atoms with Gasteiger partial charge in [-0.3, -0.25) is 19.4 Å². The number of aryl methyl sites for hydroxylation is 1. The second kappa shape index (κ2) is 13.9. The van der Waals surface area contributed by atoms with Gasteiger partial charge in [0.15, 0.2) is 0 Å². The van der Waals surface area contributed by atoms with Gasteiger partial charge in [0.2, 0.25) is 0 Å². The molecule has 0 radical (unpaired) electrons. The van der Waals surface area contributed by atoms with Gasteiger partial charge in [-0.1, -0.05) is 35.9 Å². The molecule has 10 nitrogen and oxygen atoms in total. The number of carbonyl (C=O) groups is 2. The van der Waals surface area contributed by atoms with Gasteiger partial charge in [-0.05, 0) is 6.92 Å². The molecule has 0 aliphatic rings. The first-order chi connectivity index (χ1) is 15.6. The molecule has 2 rings (SSSR count). The van der Waals surface area contributed by atoms with Crippen LogP contribution in [0.4, 0.5) is 0 Å². The minimum absolute atomic E-state index is 0. The molecule has 0 unspecified atom stereocenters. The van der Waals surface area contributed by atoms with Crippen LogP contribution >= 0.6 is 0 Å². The molecule has 0 saturated carbocycles. The largest absolute Gasteiger partial charge is 2.00 e. The van der Waals surface area contributed by atoms with E-state index in [1.807, 2.05) is 0 Å². The molecule has 0 bridgehead atoms. The summed E-state index contributed by atoms with van der Waals surface area (Å²) >= 11 is 0. The number of hydrogen-bond donors (Lipinski definition) is 6. The van der Waals surface area contributed by atoms with Crippen molar-refractivity contribution in [1.82, 2.24) is 9.80 Å². The summed E-state index contributed by atoms with van der Waals surface area (Å²) in [6.45, 7) is 0.899. The third-order valence-corrected chi connectivity index (χ3v) is 5.19. The SMILES string of the molecule is Cc1cc(CO)c(O)c(CN(CCN(CC(=O)O)Cc2cccc(CO)c2O)CC(=O)O)c1.[Fe+2]. The van der Waals surface area contributed by atoms with Crippen molar-refractivity contribution in [3.63, 3.8) is 0 Å². The van der Waals surface area contributed by atoms with Gasteiger partial charge in [0.1, 0.15) is 11.5 Å². The van der Waals surface area contributed by atoms with Crippen LogP contribution in [-0.2, 0) is 53.0 Å². The predicted octanol–water partition coefficient (Wildman–Crippen LogP) is 0.862. The summed E-state index contributed by atoms with van der Waals surface area (Å²) in [5.41, 5.74) is 2.36. The van der Waals surface area contributed by atoms with E-state index >= 15 is 0 Å². The van der Waals surface area contributed by atoms with E-state index in [1.165, 1.54) is 0 Å². The van der Waals surface area contributed by atoms with Crippen molar-refractivity contribution in [2.24, 2.45) is 0 Å². The van der Waals surface area contributed by atoms with E-state index in [4.69, 9.17) is 0 Å². The van der Waals surface area contributed by atoms with Crippen molar-refractivity contribution in [3.8, 4) is 11.5 Å². The third kappa shape index (κ3) is 8.60. The summed E-state index contributed by atoms with van der Waals surface area (Å²) in [7, 11) is 0. The number of hydrogen-bond acceptors (Lipinski definition) is 8. The molecule has 0 aliphatic carbocycles. The first kappa shape index (κ1) is 29.4. The smallest absolute Gasteiger partial charge is 0.507 e. The van der Waals surface area contributed by atoms with Crippen LogP contribution in [0, 0.1) is 6.92 Å². The zero-order chi connectivity index (χ0) is 24.5. The summed E-state index contributed by atoms with van der Waals surface area (Å²) in [4.78, 5) is 25.9. The van der Waals surface area contributed by atoms with Gasteiger partial charge in [0, 0.05) is 48.4 Å². The molecule has 0 fully saturated rings. The number of aromatic hydroxyl groups is 2. The summed E-state index contributed by atoms with van der Waals surface area (Å²) < 4.78 is 0. The molecule has 0 spiro atoms. The van der Waals surface area contributed by atoms with Crippen LogP contribution in [0.15, 0.2) is 30.3 Å². The number of aliphatic carboxylic acids is 2. The number of phenols is 2. The molecule has 0 amide bonds. The topological polar surface area (TPSA) is 162 Å². The number of rotatable bonds is 13. The Balaban J connectivity index is 0.00000578. The molecular weight excluding hydrogens is 488 g/mol. The molecule has 11 heteroatoms. The van der Waals surface area contributed by atoms with E-state index in [9.17, 15) is 40.2 Å². The van der Waals surface area contributed by atoms with Crippen LogP contribution in [0.5, 0.6) is 11.5 Å². The fourth-order valence-corrected chi connectivity index (χ4v) is 3.65. The maximum Gasteiger partial charge on any atom is 2.00 e. The number of aliphatic hydroxyl groups is 2. The summed E-state index contributed by atoms with van der Waals surface area (Å²) in [5.74, 6) is -2.38. The molecule has 2 aromatic carbocycles. The number of carboxylic acid groups (broad SMARTS) is 2. The van der Waals surface area contributed by atoms with Gasteiger partial charge >= 0.3 is 29.0 Å². The Morgan fingerprint density at radius 1 is 0.765 bits per heavy atom. The minimum Gasteiger partial charge on any atom is -0.507 e. The molecule has 0 atom stereocenters. The van der Waals surface area contributed by atoms with Crippen molar-refractivity contribution < 1.29 is 57.3 Å². The quantitative estimate of drug-likeness (QED) is 0.210. The Morgan fingerprint density at radius 3 is 1.71 bits per heavy atom. The average Bonchev–Trinajstić information content (AvgIpc) is 2.74. The van der Waals surface area contributed by atoms with E-state index in [2.05, 4.69) is 0 Å². The van der Waals surface area contributed by atoms with Crippen molar-refractivity contribution in [1.29, 1.82) is 0 Å². The first-order valence-electron chi connectivity index (χ1n) is 10.4. The van der Waals surface area contributed by atoms with Gasteiger partial charge in [-0.15, -0.1) is 0 Å². The van der Waals surface area contributed by atoms with Crippen molar-refractivity contribution in [2.75, 3.05) is 26.2 Å². The average molecular weight is 518 g/mol. The maximum absolute atomic E-state index is 11.4. The summed E-state index contributed by atoms with van der Waals surface area (Å²) in [6.07, 6.45) is 0. The van der Waals surface area contributed by atoms with Crippen molar-refractivity contribution in [2.45, 2.75) is 33.2 Å². The molecule has 0 heterocycles. The van der Waals surface area contributed by atoms with Crippen LogP contribution in [0.3, 0.4) is 0 Å². The zero-order valence-electron chi connectivity index (χ0n) is 18.8. The van der Waals surface area contributed by atoms with Crippen LogP contribution in [-0.4, -0.2) is 78.6 Å². The first-order valence-corrected chi connectivity index (χ1v) is 10.4. The molecule has 6 N–H and O–H groups in total. The van der Waals surface area contributed by atoms with Crippen LogP contribution in [0.25, 0.3) is 0 Å². The molecule has 0 aromatic heterocycles. The number of benzene rings is 2. The molecule has 186 valence electrons. The van der Waals surface area contributed by atoms with Crippen LogP contribution in [0.1, 0.15) is 27.8 Å². The summed E-state index contributed by atoms with van der Waals surface area (Å²) in [5, 5.41) is 58.1. The normalized spacial score (nSPS) is 11.0. The Labute approximate surface area is 208 Å². The Morgan fingerprint density at radius 2 is 1.21 bits per heavy atom. The van der Waals surface area contributed by atoms with E-state index in [0.717, 1.165) is 5.56 Å². The molecule has 0 saturated heterocycles. The van der Waals surface area contributed by atoms with E-state index in [-0.39, 0.29) is 81.1 Å². The monoisotopic (exact) mass is 518 g/mol. The van der Waals surface area contributed by atoms with Crippen LogP contribution < -0.4 is 0 Å². The Kier molecular flexibility index (Phi) is 12.0. The predicted molar refractivity (Wildman–Crippen MR) is 119 cm³/mol. The fraction of sp³-hybridized carbons (Fsp3) is 0.391. The van der Waals surface area contributed by atoms with E-state index in [1.54, 1.807) is 47.1 Å². The standard InChI is InChI=1S/C23H30N2O8.Fe/c1-15-7-18(23(33)19(8-15)14-27)10-25(12-21(30)31)6-5-24(11-20(28)29)9-16-3-2-4-17(13-26)22(16)32;/h2-4,7-8,26-27,32-33H,5-6,9-14H2,1H3,(H,28,29)(H,30,31);/q;+2. The van der Waals surface area contributed by atoms with Gasteiger partial charge in [0.25, 0.3) is 0 Å². The Hall–Kier alpha value is -2.66. The van der Waals surface area contributed by atoms with E-state index < -0.39 is 11.9 Å². The number of aliphatic hydroxyl groups excluding tert-OH is 2. The van der Waals surface area contributed by atoms with Crippen molar-refractivity contribution >= 4 is 11.9 Å². The second-order valence-electron chi connectivity index (χ2n) is 7.88. The second-order valence-corrected chi connectivity index (χ2v) is 7.88. The van der Waals surface area contributed by atoms with Crippen LogP contribution in [0.2, 0.25) is 0 Å². The molecule has 0 aliphatic heterocycles. The fourth-order valence-electron chi connectivity index (χ4n) is 3.65. The van der Waals surface area contributed by atoms with Gasteiger partial charge < -0.3 is 30.6 Å². The molecular formula is C23H30FeN2O8+2. The van der Waals surface area contributed by atoms with Crippen molar-refractivity contribution in [3.05, 3.63) is 58.1 Å². The van der Waals surface area contributed by atoms with Gasteiger partial charge in [0.05, 0.1) is 26.3 Å². The number of carboxylic acids is 2. The third-order valence-electron chi connectivity index (χ3n) is 5.19. The van der Waals surface area contributed by atoms with E-state index in [0.29, 0.717) is 22.3 Å². The van der Waals surface area contributed by atoms with Gasteiger partial charge in [-0.25, -0.2) is 0 Å². The number of nitrogens with zero attached hydrogens (tertiary/aromatic N) is 2. The zero-order valence-corrected chi connectivity index (χ0v) is 19.9. The molecule has 2 aromatic rings.